The molecule has 0 heterocycles. The van der Waals surface area contributed by atoms with E-state index in [4.69, 9.17) is 27.3 Å². The number of allylic oxidation sites excluding steroid dienone is 1. The number of ether oxygens (including phenoxy) is 1. The van der Waals surface area contributed by atoms with E-state index < -0.39 is 24.2 Å². The molecule has 0 fully saturated rings. The summed E-state index contributed by atoms with van der Waals surface area (Å²) < 4.78 is 18.3. The highest BCUT2D eigenvalue weighted by Crippen LogP contribution is 2.22. The fourth-order valence-electron chi connectivity index (χ4n) is 2.27. The predicted molar refractivity (Wildman–Crippen MR) is 104 cm³/mol. The van der Waals surface area contributed by atoms with Crippen molar-refractivity contribution in [2.24, 2.45) is 5.73 Å². The van der Waals surface area contributed by atoms with Gasteiger partial charge in [-0.1, -0.05) is 35.9 Å². The molecule has 7 heteroatoms. The maximum atomic E-state index is 13.2. The van der Waals surface area contributed by atoms with Gasteiger partial charge >= 0.3 is 5.97 Å². The minimum absolute atomic E-state index is 0.0408. The van der Waals surface area contributed by atoms with E-state index in [-0.39, 0.29) is 16.8 Å². The lowest BCUT2D eigenvalue weighted by Crippen LogP contribution is -2.18. The minimum Gasteiger partial charge on any atom is -0.454 e. The second-order valence-electron chi connectivity index (χ2n) is 5.79. The van der Waals surface area contributed by atoms with Gasteiger partial charge in [-0.3, -0.25) is 4.79 Å². The fraction of sp³-hybridized carbons (Fsp3) is 0.0952. The molecule has 0 aliphatic rings. The zero-order valence-electron chi connectivity index (χ0n) is 14.9. The number of halogens is 2. The smallest absolute Gasteiger partial charge is 0.339 e. The molecule has 0 aliphatic heterocycles. The van der Waals surface area contributed by atoms with Crippen LogP contribution in [-0.2, 0) is 14.3 Å². The summed E-state index contributed by atoms with van der Waals surface area (Å²) in [6.45, 7) is 0.762. The van der Waals surface area contributed by atoms with Crippen molar-refractivity contribution in [1.82, 2.24) is 0 Å². The van der Waals surface area contributed by atoms with Crippen molar-refractivity contribution in [2.75, 3.05) is 6.61 Å². The third-order valence-electron chi connectivity index (χ3n) is 3.68. The molecule has 2 rings (SSSR count). The topological polar surface area (TPSA) is 93.2 Å². The molecule has 2 aromatic carbocycles. The van der Waals surface area contributed by atoms with Crippen LogP contribution >= 0.6 is 11.6 Å². The van der Waals surface area contributed by atoms with Crippen LogP contribution in [0.1, 0.15) is 18.1 Å². The number of nitrogens with zero attached hydrogens (tertiary/aromatic N) is 1. The summed E-state index contributed by atoms with van der Waals surface area (Å²) in [5, 5.41) is 9.48. The highest BCUT2D eigenvalue weighted by Gasteiger charge is 2.18. The third-order valence-corrected chi connectivity index (χ3v) is 3.93. The lowest BCUT2D eigenvalue weighted by molar-refractivity contribution is -0.140. The average molecular weight is 399 g/mol. The first-order valence-electron chi connectivity index (χ1n) is 8.11. The summed E-state index contributed by atoms with van der Waals surface area (Å²) >= 11 is 5.87. The number of nitriles is 1. The maximum Gasteiger partial charge on any atom is 0.339 e. The number of carbonyl (C=O) groups is 2. The standard InChI is InChI=1S/C21H16ClFN2O3/c1-13(25)19(11-24)20(26)12-28-21(27)18(15-4-8-17(23)9-5-15)10-14-2-6-16(22)7-3-14/h2-10H,12,25H2,1H3. The highest BCUT2D eigenvalue weighted by molar-refractivity contribution is 6.30. The van der Waals surface area contributed by atoms with Crippen LogP contribution in [0.2, 0.25) is 5.02 Å². The fourth-order valence-corrected chi connectivity index (χ4v) is 2.39. The molecule has 0 saturated carbocycles. The van der Waals surface area contributed by atoms with Crippen LogP contribution in [-0.4, -0.2) is 18.4 Å². The Morgan fingerprint density at radius 2 is 1.79 bits per heavy atom. The maximum absolute atomic E-state index is 13.2. The molecular formula is C21H16ClFN2O3. The molecule has 0 atom stereocenters. The van der Waals surface area contributed by atoms with E-state index in [0.717, 1.165) is 0 Å². The first kappa shape index (κ1) is 20.9. The number of nitrogens with two attached hydrogens (primary N) is 1. The Morgan fingerprint density at radius 1 is 1.18 bits per heavy atom. The average Bonchev–Trinajstić information content (AvgIpc) is 2.67. The van der Waals surface area contributed by atoms with Gasteiger partial charge in [-0.15, -0.1) is 0 Å². The van der Waals surface area contributed by atoms with Gasteiger partial charge in [-0.25, -0.2) is 9.18 Å². The molecule has 0 radical (unpaired) electrons. The number of benzene rings is 2. The summed E-state index contributed by atoms with van der Waals surface area (Å²) in [5.41, 5.74) is 6.42. The summed E-state index contributed by atoms with van der Waals surface area (Å²) in [6, 6.07) is 13.6. The first-order chi connectivity index (χ1) is 13.3. The molecule has 2 aromatic rings. The summed E-state index contributed by atoms with van der Waals surface area (Å²) in [4.78, 5) is 24.6. The highest BCUT2D eigenvalue weighted by atomic mass is 35.5. The van der Waals surface area contributed by atoms with E-state index in [1.807, 2.05) is 0 Å². The number of ketones is 1. The van der Waals surface area contributed by atoms with Gasteiger partial charge in [0, 0.05) is 10.7 Å². The van der Waals surface area contributed by atoms with Crippen LogP contribution in [0.3, 0.4) is 0 Å². The van der Waals surface area contributed by atoms with Gasteiger partial charge in [0.2, 0.25) is 5.78 Å². The van der Waals surface area contributed by atoms with Crippen LogP contribution in [0, 0.1) is 17.1 Å². The molecule has 0 bridgehead atoms. The van der Waals surface area contributed by atoms with E-state index in [1.54, 1.807) is 30.3 Å². The molecule has 2 N–H and O–H groups in total. The zero-order valence-corrected chi connectivity index (χ0v) is 15.7. The van der Waals surface area contributed by atoms with Gasteiger partial charge in [-0.2, -0.15) is 5.26 Å². The summed E-state index contributed by atoms with van der Waals surface area (Å²) in [6.07, 6.45) is 1.53. The van der Waals surface area contributed by atoms with Crippen molar-refractivity contribution >= 4 is 35.0 Å². The van der Waals surface area contributed by atoms with Gasteiger partial charge in [0.15, 0.2) is 6.61 Å². The molecule has 0 aliphatic carbocycles. The number of hydrogen-bond acceptors (Lipinski definition) is 5. The Labute approximate surface area is 166 Å². The van der Waals surface area contributed by atoms with Crippen LogP contribution in [0.15, 0.2) is 59.8 Å². The molecule has 142 valence electrons. The van der Waals surface area contributed by atoms with Crippen molar-refractivity contribution in [2.45, 2.75) is 6.92 Å². The van der Waals surface area contributed by atoms with E-state index in [2.05, 4.69) is 0 Å². The van der Waals surface area contributed by atoms with Gasteiger partial charge in [0.25, 0.3) is 0 Å². The Bertz CT molecular complexity index is 984. The van der Waals surface area contributed by atoms with E-state index in [0.29, 0.717) is 16.1 Å². The molecule has 28 heavy (non-hydrogen) atoms. The van der Waals surface area contributed by atoms with Crippen LogP contribution < -0.4 is 5.73 Å². The number of Topliss-reactive ketones (excluding diaryl/α,β-unsaturated/α-hetero) is 1. The molecule has 5 nitrogen and oxygen atoms in total. The number of rotatable bonds is 6. The molecule has 0 spiro atoms. The minimum atomic E-state index is -0.804. The molecule has 0 aromatic heterocycles. The Hall–Kier alpha value is -3.43. The third kappa shape index (κ3) is 5.53. The SMILES string of the molecule is CC(N)=C(C#N)C(=O)COC(=O)C(=Cc1ccc(Cl)cc1)c1ccc(F)cc1. The quantitative estimate of drug-likeness (QED) is 0.345. The van der Waals surface area contributed by atoms with E-state index >= 15 is 0 Å². The summed E-state index contributed by atoms with van der Waals surface area (Å²) in [5.74, 6) is -1.97. The van der Waals surface area contributed by atoms with E-state index in [1.165, 1.54) is 37.3 Å². The molecular weight excluding hydrogens is 383 g/mol. The van der Waals surface area contributed by atoms with E-state index in [9.17, 15) is 14.0 Å². The van der Waals surface area contributed by atoms with Crippen LogP contribution in [0.4, 0.5) is 4.39 Å². The zero-order chi connectivity index (χ0) is 20.7. The van der Waals surface area contributed by atoms with Crippen LogP contribution in [0.25, 0.3) is 11.6 Å². The Balaban J connectivity index is 2.31. The first-order valence-corrected chi connectivity index (χ1v) is 8.49. The Morgan fingerprint density at radius 3 is 2.32 bits per heavy atom. The molecule has 0 amide bonds. The van der Waals surface area contributed by atoms with Crippen molar-refractivity contribution < 1.29 is 18.7 Å². The van der Waals surface area contributed by atoms with Gasteiger partial charge in [0.05, 0.1) is 5.57 Å². The molecule has 0 unspecified atom stereocenters. The number of carbonyl (C=O) groups excluding carboxylic acids is 2. The normalized spacial score (nSPS) is 12.0. The van der Waals surface area contributed by atoms with Gasteiger partial charge < -0.3 is 10.5 Å². The lowest BCUT2D eigenvalue weighted by atomic mass is 10.0. The second kappa shape index (κ2) is 9.49. The predicted octanol–water partition coefficient (Wildman–Crippen LogP) is 3.89. The van der Waals surface area contributed by atoms with Crippen LogP contribution in [0.5, 0.6) is 0 Å². The van der Waals surface area contributed by atoms with Gasteiger partial charge in [0.1, 0.15) is 17.5 Å². The van der Waals surface area contributed by atoms with Gasteiger partial charge in [-0.05, 0) is 48.4 Å². The Kier molecular flexibility index (Phi) is 7.08. The monoisotopic (exact) mass is 398 g/mol. The van der Waals surface area contributed by atoms with Crippen molar-refractivity contribution in [3.63, 3.8) is 0 Å². The largest absolute Gasteiger partial charge is 0.454 e. The van der Waals surface area contributed by atoms with Crippen molar-refractivity contribution in [3.05, 3.63) is 81.8 Å². The molecule has 0 saturated heterocycles. The number of hydrogen-bond donors (Lipinski definition) is 1. The lowest BCUT2D eigenvalue weighted by Gasteiger charge is -2.09. The second-order valence-corrected chi connectivity index (χ2v) is 6.22. The van der Waals surface area contributed by atoms with Crippen molar-refractivity contribution in [1.29, 1.82) is 5.26 Å². The number of esters is 1. The van der Waals surface area contributed by atoms with Crippen molar-refractivity contribution in [3.8, 4) is 6.07 Å². The summed E-state index contributed by atoms with van der Waals surface area (Å²) in [7, 11) is 0.